The number of aryl methyl sites for hydroxylation is 1. The van der Waals surface area contributed by atoms with Crippen LogP contribution in [-0.4, -0.2) is 26.8 Å². The Labute approximate surface area is 119 Å². The average molecular weight is 290 g/mol. The fraction of sp³-hybridized carbons (Fsp3) is 0.214. The summed E-state index contributed by atoms with van der Waals surface area (Å²) in [6, 6.07) is 6.23. The van der Waals surface area contributed by atoms with Gasteiger partial charge < -0.3 is 19.0 Å². The van der Waals surface area contributed by atoms with Crippen molar-refractivity contribution in [2.45, 2.75) is 6.54 Å². The molecule has 0 saturated heterocycles. The van der Waals surface area contributed by atoms with Gasteiger partial charge in [0.05, 0.1) is 6.54 Å². The second-order valence-corrected chi connectivity index (χ2v) is 4.36. The number of carboxylic acid groups (broad SMARTS) is 1. The van der Waals surface area contributed by atoms with E-state index >= 15 is 0 Å². The highest BCUT2D eigenvalue weighted by atomic mass is 16.5. The van der Waals surface area contributed by atoms with E-state index < -0.39 is 17.1 Å². The first-order valence-corrected chi connectivity index (χ1v) is 6.22. The molecule has 0 amide bonds. The van der Waals surface area contributed by atoms with Crippen LogP contribution in [0.4, 0.5) is 0 Å². The molecular formula is C14H14N2O5. The summed E-state index contributed by atoms with van der Waals surface area (Å²) < 4.78 is 7.80. The Kier molecular flexibility index (Phi) is 4.22. The van der Waals surface area contributed by atoms with Gasteiger partial charge in [-0.2, -0.15) is 0 Å². The van der Waals surface area contributed by atoms with Gasteiger partial charge in [0.25, 0.3) is 0 Å². The van der Waals surface area contributed by atoms with E-state index in [1.165, 1.54) is 40.7 Å². The van der Waals surface area contributed by atoms with Crippen molar-refractivity contribution in [1.82, 2.24) is 9.13 Å². The number of hydrogen-bond acceptors (Lipinski definition) is 4. The average Bonchev–Trinajstić information content (AvgIpc) is 2.47. The molecule has 0 aliphatic carbocycles. The molecule has 0 aliphatic rings. The van der Waals surface area contributed by atoms with Crippen molar-refractivity contribution in [3.63, 3.8) is 0 Å². The maximum Gasteiger partial charge on any atom is 0.339 e. The number of nitrogens with zero attached hydrogens (tertiary/aromatic N) is 2. The fourth-order valence-corrected chi connectivity index (χ4v) is 1.79. The molecule has 0 fully saturated rings. The highest BCUT2D eigenvalue weighted by molar-refractivity contribution is 5.90. The zero-order valence-corrected chi connectivity index (χ0v) is 11.4. The Morgan fingerprint density at radius 3 is 2.62 bits per heavy atom. The molecule has 21 heavy (non-hydrogen) atoms. The van der Waals surface area contributed by atoms with Gasteiger partial charge in [-0.25, -0.2) is 4.79 Å². The van der Waals surface area contributed by atoms with Crippen molar-refractivity contribution in [2.24, 2.45) is 7.05 Å². The zero-order chi connectivity index (χ0) is 15.4. The van der Waals surface area contributed by atoms with E-state index in [4.69, 9.17) is 9.84 Å². The zero-order valence-electron chi connectivity index (χ0n) is 11.4. The van der Waals surface area contributed by atoms with Crippen LogP contribution in [0, 0.1) is 0 Å². The minimum Gasteiger partial charge on any atom is -0.491 e. The molecule has 0 spiro atoms. The summed E-state index contributed by atoms with van der Waals surface area (Å²) in [5.41, 5.74) is -1.22. The summed E-state index contributed by atoms with van der Waals surface area (Å²) >= 11 is 0. The lowest BCUT2D eigenvalue weighted by Gasteiger charge is -2.10. The largest absolute Gasteiger partial charge is 0.491 e. The Balaban J connectivity index is 2.09. The van der Waals surface area contributed by atoms with Gasteiger partial charge in [0.1, 0.15) is 17.9 Å². The predicted octanol–water partition coefficient (Wildman–Crippen LogP) is 0.324. The van der Waals surface area contributed by atoms with E-state index in [0.717, 1.165) is 0 Å². The van der Waals surface area contributed by atoms with Gasteiger partial charge in [-0.3, -0.25) is 9.59 Å². The van der Waals surface area contributed by atoms with Crippen LogP contribution < -0.4 is 15.9 Å². The molecule has 0 atom stereocenters. The van der Waals surface area contributed by atoms with E-state index in [9.17, 15) is 14.4 Å². The lowest BCUT2D eigenvalue weighted by Crippen LogP contribution is -2.40. The van der Waals surface area contributed by atoms with Gasteiger partial charge in [0.2, 0.25) is 0 Å². The third kappa shape index (κ3) is 3.19. The molecule has 0 aliphatic heterocycles. The lowest BCUT2D eigenvalue weighted by atomic mass is 10.2. The summed E-state index contributed by atoms with van der Waals surface area (Å²) in [5, 5.41) is 9.01. The van der Waals surface area contributed by atoms with Crippen LogP contribution in [-0.2, 0) is 13.6 Å². The molecule has 1 N–H and O–H groups in total. The van der Waals surface area contributed by atoms with Gasteiger partial charge in [-0.15, -0.1) is 0 Å². The highest BCUT2D eigenvalue weighted by Gasteiger charge is 2.10. The number of ether oxygens (including phenoxy) is 1. The van der Waals surface area contributed by atoms with E-state index in [2.05, 4.69) is 0 Å². The number of aromatic nitrogens is 2. The van der Waals surface area contributed by atoms with Crippen molar-refractivity contribution in [3.05, 3.63) is 62.9 Å². The molecule has 7 heteroatoms. The SMILES string of the molecule is Cn1ccn(CCOc2ccccc2C(=O)O)c(=O)c1=O. The van der Waals surface area contributed by atoms with Crippen LogP contribution in [0.25, 0.3) is 0 Å². The van der Waals surface area contributed by atoms with Gasteiger partial charge in [-0.1, -0.05) is 12.1 Å². The van der Waals surface area contributed by atoms with Gasteiger partial charge in [0.15, 0.2) is 0 Å². The van der Waals surface area contributed by atoms with Gasteiger partial charge >= 0.3 is 17.1 Å². The molecule has 2 rings (SSSR count). The number of carbonyl (C=O) groups is 1. The second-order valence-electron chi connectivity index (χ2n) is 4.36. The van der Waals surface area contributed by atoms with E-state index in [0.29, 0.717) is 0 Å². The number of hydrogen-bond donors (Lipinski definition) is 1. The summed E-state index contributed by atoms with van der Waals surface area (Å²) in [6.45, 7) is 0.236. The van der Waals surface area contributed by atoms with Gasteiger partial charge in [-0.05, 0) is 12.1 Å². The molecular weight excluding hydrogens is 276 g/mol. The molecule has 110 valence electrons. The molecule has 0 unspecified atom stereocenters. The van der Waals surface area contributed by atoms with Crippen LogP contribution in [0.5, 0.6) is 5.75 Å². The number of aromatic carboxylic acids is 1. The molecule has 1 heterocycles. The monoisotopic (exact) mass is 290 g/mol. The van der Waals surface area contributed by atoms with Crippen LogP contribution in [0.2, 0.25) is 0 Å². The van der Waals surface area contributed by atoms with Crippen molar-refractivity contribution < 1.29 is 14.6 Å². The molecule has 0 radical (unpaired) electrons. The topological polar surface area (TPSA) is 90.5 Å². The van der Waals surface area contributed by atoms with Crippen LogP contribution in [0.3, 0.4) is 0 Å². The first-order valence-electron chi connectivity index (χ1n) is 6.22. The standard InChI is InChI=1S/C14H14N2O5/c1-15-6-7-16(13(18)12(15)17)8-9-21-11-5-3-2-4-10(11)14(19)20/h2-7H,8-9H2,1H3,(H,19,20). The Bertz CT molecular complexity index is 775. The maximum atomic E-state index is 11.7. The van der Waals surface area contributed by atoms with Crippen molar-refractivity contribution in [1.29, 1.82) is 0 Å². The molecule has 0 saturated carbocycles. The fourth-order valence-electron chi connectivity index (χ4n) is 1.79. The third-order valence-electron chi connectivity index (χ3n) is 2.94. The summed E-state index contributed by atoms with van der Waals surface area (Å²) in [5.74, 6) is -0.863. The number of benzene rings is 1. The normalized spacial score (nSPS) is 10.3. The number of para-hydroxylation sites is 1. The minimum atomic E-state index is -1.09. The lowest BCUT2D eigenvalue weighted by molar-refractivity contribution is 0.0692. The summed E-state index contributed by atoms with van der Waals surface area (Å²) in [6.07, 6.45) is 2.96. The van der Waals surface area contributed by atoms with Gasteiger partial charge in [0, 0.05) is 19.4 Å². The van der Waals surface area contributed by atoms with Crippen LogP contribution >= 0.6 is 0 Å². The molecule has 7 nitrogen and oxygen atoms in total. The van der Waals surface area contributed by atoms with E-state index in [1.54, 1.807) is 12.1 Å². The maximum absolute atomic E-state index is 11.7. The minimum absolute atomic E-state index is 0.0498. The molecule has 0 bridgehead atoms. The molecule has 1 aromatic heterocycles. The second kappa shape index (κ2) is 6.08. The third-order valence-corrected chi connectivity index (χ3v) is 2.94. The molecule has 2 aromatic rings. The van der Waals surface area contributed by atoms with Crippen molar-refractivity contribution >= 4 is 5.97 Å². The van der Waals surface area contributed by atoms with Crippen molar-refractivity contribution in [2.75, 3.05) is 6.61 Å². The summed E-state index contributed by atoms with van der Waals surface area (Å²) in [4.78, 5) is 34.2. The highest BCUT2D eigenvalue weighted by Crippen LogP contribution is 2.17. The Hall–Kier alpha value is -2.83. The van der Waals surface area contributed by atoms with Crippen LogP contribution in [0.15, 0.2) is 46.2 Å². The Morgan fingerprint density at radius 1 is 1.19 bits per heavy atom. The smallest absolute Gasteiger partial charge is 0.339 e. The first-order chi connectivity index (χ1) is 10.0. The number of rotatable bonds is 5. The number of carboxylic acids is 1. The van der Waals surface area contributed by atoms with Crippen LogP contribution in [0.1, 0.15) is 10.4 Å². The Morgan fingerprint density at radius 2 is 1.90 bits per heavy atom. The molecule has 1 aromatic carbocycles. The summed E-state index contributed by atoms with van der Waals surface area (Å²) in [7, 11) is 1.49. The van der Waals surface area contributed by atoms with E-state index in [-0.39, 0.29) is 24.5 Å². The quantitative estimate of drug-likeness (QED) is 0.801. The van der Waals surface area contributed by atoms with Crippen molar-refractivity contribution in [3.8, 4) is 5.75 Å². The van der Waals surface area contributed by atoms with E-state index in [1.807, 2.05) is 0 Å². The predicted molar refractivity (Wildman–Crippen MR) is 74.8 cm³/mol. The first kappa shape index (κ1) is 14.6.